The van der Waals surface area contributed by atoms with Crippen LogP contribution in [0.2, 0.25) is 5.02 Å². The molecule has 2 heteroatoms. The lowest BCUT2D eigenvalue weighted by Crippen LogP contribution is -2.00. The molecule has 0 fully saturated rings. The average Bonchev–Trinajstić information content (AvgIpc) is 3.19. The van der Waals surface area contributed by atoms with E-state index in [9.17, 15) is 0 Å². The van der Waals surface area contributed by atoms with E-state index in [4.69, 9.17) is 11.6 Å². The monoisotopic (exact) mass is 429 g/mol. The standard InChI is InChI=1S/C30H20ClN/c31-27-18-7-4-13-23(27)26-17-10-16-22(21-11-2-1-3-12-21)30(26)32-28-19-8-5-14-24(28)25-15-6-9-20-29(25)32/h1-20H. The van der Waals surface area contributed by atoms with Crippen LogP contribution in [0.25, 0.3) is 49.7 Å². The highest BCUT2D eigenvalue weighted by Crippen LogP contribution is 2.42. The van der Waals surface area contributed by atoms with Crippen molar-refractivity contribution in [1.29, 1.82) is 0 Å². The Morgan fingerprint density at radius 2 is 0.969 bits per heavy atom. The van der Waals surface area contributed by atoms with E-state index in [1.165, 1.54) is 32.9 Å². The Kier molecular flexibility index (Phi) is 4.56. The van der Waals surface area contributed by atoms with E-state index in [2.05, 4.69) is 108 Å². The van der Waals surface area contributed by atoms with Gasteiger partial charge in [0.15, 0.2) is 0 Å². The number of hydrogen-bond donors (Lipinski definition) is 0. The van der Waals surface area contributed by atoms with Crippen LogP contribution in [0.3, 0.4) is 0 Å². The lowest BCUT2D eigenvalue weighted by molar-refractivity contribution is 1.18. The van der Waals surface area contributed by atoms with Gasteiger partial charge in [-0.3, -0.25) is 0 Å². The van der Waals surface area contributed by atoms with E-state index >= 15 is 0 Å². The minimum atomic E-state index is 0.750. The molecular formula is C30H20ClN. The van der Waals surface area contributed by atoms with Crippen molar-refractivity contribution in [2.45, 2.75) is 0 Å². The molecule has 0 atom stereocenters. The maximum Gasteiger partial charge on any atom is 0.0619 e. The fourth-order valence-corrected chi connectivity index (χ4v) is 4.93. The molecule has 0 unspecified atom stereocenters. The van der Waals surface area contributed by atoms with Crippen molar-refractivity contribution in [3.63, 3.8) is 0 Å². The van der Waals surface area contributed by atoms with Gasteiger partial charge < -0.3 is 4.57 Å². The Morgan fingerprint density at radius 3 is 1.66 bits per heavy atom. The van der Waals surface area contributed by atoms with Gasteiger partial charge in [-0.2, -0.15) is 0 Å². The molecule has 6 aromatic rings. The number of aromatic nitrogens is 1. The van der Waals surface area contributed by atoms with Gasteiger partial charge in [0.1, 0.15) is 0 Å². The molecule has 5 aromatic carbocycles. The van der Waals surface area contributed by atoms with Crippen molar-refractivity contribution in [3.8, 4) is 27.9 Å². The third-order valence-electron chi connectivity index (χ3n) is 6.09. The summed E-state index contributed by atoms with van der Waals surface area (Å²) < 4.78 is 2.39. The van der Waals surface area contributed by atoms with E-state index in [1.807, 2.05) is 18.2 Å². The molecule has 1 heterocycles. The number of rotatable bonds is 3. The van der Waals surface area contributed by atoms with Crippen molar-refractivity contribution < 1.29 is 0 Å². The third kappa shape index (κ3) is 2.94. The zero-order chi connectivity index (χ0) is 21.5. The average molecular weight is 430 g/mol. The molecule has 0 aliphatic carbocycles. The fraction of sp³-hybridized carbons (Fsp3) is 0. The summed E-state index contributed by atoms with van der Waals surface area (Å²) in [7, 11) is 0. The first-order chi connectivity index (χ1) is 15.8. The maximum absolute atomic E-state index is 6.72. The van der Waals surface area contributed by atoms with Crippen LogP contribution in [-0.4, -0.2) is 4.57 Å². The highest BCUT2D eigenvalue weighted by molar-refractivity contribution is 6.33. The zero-order valence-corrected chi connectivity index (χ0v) is 18.1. The molecule has 32 heavy (non-hydrogen) atoms. The van der Waals surface area contributed by atoms with Gasteiger partial charge >= 0.3 is 0 Å². The van der Waals surface area contributed by atoms with Crippen LogP contribution < -0.4 is 0 Å². The molecule has 0 spiro atoms. The Bertz CT molecular complexity index is 1520. The second-order valence-corrected chi connectivity index (χ2v) is 8.32. The van der Waals surface area contributed by atoms with Crippen molar-refractivity contribution in [2.24, 2.45) is 0 Å². The Morgan fingerprint density at radius 1 is 0.438 bits per heavy atom. The van der Waals surface area contributed by atoms with Gasteiger partial charge in [-0.15, -0.1) is 0 Å². The number of para-hydroxylation sites is 3. The van der Waals surface area contributed by atoms with Crippen LogP contribution in [0.4, 0.5) is 0 Å². The van der Waals surface area contributed by atoms with E-state index in [0.717, 1.165) is 21.8 Å². The number of halogens is 1. The largest absolute Gasteiger partial charge is 0.308 e. The molecule has 0 saturated carbocycles. The second kappa shape index (κ2) is 7.71. The van der Waals surface area contributed by atoms with Crippen molar-refractivity contribution in [3.05, 3.63) is 126 Å². The SMILES string of the molecule is Clc1ccccc1-c1cccc(-c2ccccc2)c1-n1c2ccccc2c2ccccc21. The number of benzene rings is 5. The summed E-state index contributed by atoms with van der Waals surface area (Å²) in [6, 6.07) is 42.4. The summed E-state index contributed by atoms with van der Waals surface area (Å²) in [4.78, 5) is 0. The van der Waals surface area contributed by atoms with E-state index in [0.29, 0.717) is 0 Å². The van der Waals surface area contributed by atoms with Crippen LogP contribution in [0, 0.1) is 0 Å². The van der Waals surface area contributed by atoms with Crippen LogP contribution in [0.15, 0.2) is 121 Å². The van der Waals surface area contributed by atoms with Gasteiger partial charge in [0, 0.05) is 32.5 Å². The van der Waals surface area contributed by atoms with Crippen LogP contribution in [0.1, 0.15) is 0 Å². The molecule has 1 aromatic heterocycles. The van der Waals surface area contributed by atoms with Crippen LogP contribution >= 0.6 is 11.6 Å². The predicted octanol–water partition coefficient (Wildman–Crippen LogP) is 8.77. The summed E-state index contributed by atoms with van der Waals surface area (Å²) in [5.74, 6) is 0. The first kappa shape index (κ1) is 18.9. The highest BCUT2D eigenvalue weighted by Gasteiger charge is 2.20. The lowest BCUT2D eigenvalue weighted by atomic mass is 9.95. The van der Waals surface area contributed by atoms with Crippen molar-refractivity contribution in [2.75, 3.05) is 0 Å². The topological polar surface area (TPSA) is 4.93 Å². The number of hydrogen-bond acceptors (Lipinski definition) is 0. The van der Waals surface area contributed by atoms with Crippen molar-refractivity contribution in [1.82, 2.24) is 4.57 Å². The Hall–Kier alpha value is -3.81. The van der Waals surface area contributed by atoms with Gasteiger partial charge in [0.2, 0.25) is 0 Å². The lowest BCUT2D eigenvalue weighted by Gasteiger charge is -2.19. The first-order valence-corrected chi connectivity index (χ1v) is 11.1. The second-order valence-electron chi connectivity index (χ2n) is 7.92. The molecule has 0 radical (unpaired) electrons. The van der Waals surface area contributed by atoms with Gasteiger partial charge in [0.05, 0.1) is 16.7 Å². The molecule has 1 nitrogen and oxygen atoms in total. The molecule has 0 saturated heterocycles. The highest BCUT2D eigenvalue weighted by atomic mass is 35.5. The van der Waals surface area contributed by atoms with Gasteiger partial charge in [-0.25, -0.2) is 0 Å². The molecule has 0 aliphatic rings. The molecular weight excluding hydrogens is 410 g/mol. The van der Waals surface area contributed by atoms with Gasteiger partial charge in [-0.1, -0.05) is 115 Å². The Labute approximate surface area is 192 Å². The summed E-state index contributed by atoms with van der Waals surface area (Å²) in [6.45, 7) is 0. The first-order valence-electron chi connectivity index (χ1n) is 10.7. The maximum atomic E-state index is 6.72. The van der Waals surface area contributed by atoms with Crippen LogP contribution in [-0.2, 0) is 0 Å². The molecule has 0 bridgehead atoms. The van der Waals surface area contributed by atoms with Gasteiger partial charge in [0.25, 0.3) is 0 Å². The third-order valence-corrected chi connectivity index (χ3v) is 6.42. The normalized spacial score (nSPS) is 11.3. The van der Waals surface area contributed by atoms with E-state index in [1.54, 1.807) is 0 Å². The van der Waals surface area contributed by atoms with E-state index in [-0.39, 0.29) is 0 Å². The smallest absolute Gasteiger partial charge is 0.0619 e. The molecule has 0 aliphatic heterocycles. The summed E-state index contributed by atoms with van der Waals surface area (Å²) in [6.07, 6.45) is 0. The summed E-state index contributed by atoms with van der Waals surface area (Å²) >= 11 is 6.72. The molecule has 152 valence electrons. The zero-order valence-electron chi connectivity index (χ0n) is 17.4. The quantitative estimate of drug-likeness (QED) is 0.265. The Balaban J connectivity index is 1.82. The van der Waals surface area contributed by atoms with E-state index < -0.39 is 0 Å². The number of nitrogens with zero attached hydrogens (tertiary/aromatic N) is 1. The minimum Gasteiger partial charge on any atom is -0.308 e. The van der Waals surface area contributed by atoms with Crippen LogP contribution in [0.5, 0.6) is 0 Å². The van der Waals surface area contributed by atoms with Gasteiger partial charge in [-0.05, 0) is 23.8 Å². The molecule has 6 rings (SSSR count). The molecule has 0 N–H and O–H groups in total. The summed E-state index contributed by atoms with van der Waals surface area (Å²) in [5.41, 5.74) is 8.01. The fourth-order valence-electron chi connectivity index (χ4n) is 4.70. The predicted molar refractivity (Wildman–Crippen MR) is 137 cm³/mol. The number of fused-ring (bicyclic) bond motifs is 3. The minimum absolute atomic E-state index is 0.750. The summed E-state index contributed by atoms with van der Waals surface area (Å²) in [5, 5.41) is 3.24. The molecule has 0 amide bonds. The van der Waals surface area contributed by atoms with Crippen molar-refractivity contribution >= 4 is 33.4 Å².